The van der Waals surface area contributed by atoms with Gasteiger partial charge < -0.3 is 12.4 Å². The Kier molecular flexibility index (Phi) is 4.67. The van der Waals surface area contributed by atoms with Crippen LogP contribution in [-0.2, 0) is 18.3 Å². The second kappa shape index (κ2) is 5.49. The van der Waals surface area contributed by atoms with Crippen LogP contribution >= 0.6 is 10.5 Å². The van der Waals surface area contributed by atoms with Crippen molar-refractivity contribution in [2.45, 2.75) is 32.2 Å². The zero-order valence-electron chi connectivity index (χ0n) is 10.1. The summed E-state index contributed by atoms with van der Waals surface area (Å²) in [7, 11) is -1.71. The molecule has 2 aromatic rings. The molecule has 18 heavy (non-hydrogen) atoms. The number of hydrogen-bond donors (Lipinski definition) is 0. The van der Waals surface area contributed by atoms with Crippen molar-refractivity contribution in [2.24, 2.45) is 0 Å². The fourth-order valence-corrected chi connectivity index (χ4v) is 3.98. The van der Waals surface area contributed by atoms with Crippen molar-refractivity contribution < 1.29 is 25.6 Å². The molecular weight excluding hydrogens is 281 g/mol. The van der Waals surface area contributed by atoms with E-state index in [1.807, 2.05) is 19.1 Å². The Morgan fingerprint density at radius 1 is 1.06 bits per heavy atom. The van der Waals surface area contributed by atoms with Crippen molar-refractivity contribution >= 4 is 20.6 Å². The second-order valence-electron chi connectivity index (χ2n) is 3.94. The van der Waals surface area contributed by atoms with Gasteiger partial charge in [0.05, 0.1) is 10.5 Å². The van der Waals surface area contributed by atoms with E-state index in [0.717, 1.165) is 17.4 Å². The number of aryl methyl sites for hydroxylation is 2. The van der Waals surface area contributed by atoms with Crippen LogP contribution in [0.25, 0.3) is 10.1 Å². The molecular formula is C13H14ClF3S. The van der Waals surface area contributed by atoms with Crippen LogP contribution in [0.15, 0.2) is 24.3 Å². The van der Waals surface area contributed by atoms with E-state index in [4.69, 9.17) is 0 Å². The van der Waals surface area contributed by atoms with Crippen molar-refractivity contribution in [3.05, 3.63) is 34.7 Å². The van der Waals surface area contributed by atoms with E-state index in [2.05, 4.69) is 0 Å². The number of halogens is 4. The first kappa shape index (κ1) is 15.3. The standard InChI is InChI=1S/C13H14F3S.ClH/c1-3-9-5-6-10-8-11(4-2)17(12(10)7-9)13(14,15)16;/h5-8H,3-4H2,1-2H3;1H/q+1;/p-1. The third-order valence-electron chi connectivity index (χ3n) is 2.86. The summed E-state index contributed by atoms with van der Waals surface area (Å²) in [4.78, 5) is 0.501. The van der Waals surface area contributed by atoms with E-state index < -0.39 is 16.0 Å². The minimum Gasteiger partial charge on any atom is -1.00 e. The maximum Gasteiger partial charge on any atom is 0.600 e. The zero-order valence-corrected chi connectivity index (χ0v) is 11.7. The van der Waals surface area contributed by atoms with Crippen LogP contribution in [0.3, 0.4) is 0 Å². The first-order valence-electron chi connectivity index (χ1n) is 5.62. The van der Waals surface area contributed by atoms with E-state index in [1.165, 1.54) is 0 Å². The number of benzene rings is 1. The van der Waals surface area contributed by atoms with Gasteiger partial charge in [-0.25, -0.2) is 0 Å². The number of hydrogen-bond acceptors (Lipinski definition) is 0. The first-order valence-corrected chi connectivity index (χ1v) is 6.84. The van der Waals surface area contributed by atoms with E-state index in [9.17, 15) is 13.2 Å². The molecule has 0 radical (unpaired) electrons. The summed E-state index contributed by atoms with van der Waals surface area (Å²) in [6.07, 6.45) is 1.22. The van der Waals surface area contributed by atoms with Crippen LogP contribution in [0.1, 0.15) is 24.3 Å². The van der Waals surface area contributed by atoms with Gasteiger partial charge >= 0.3 is 5.51 Å². The van der Waals surface area contributed by atoms with Gasteiger partial charge in [0.1, 0.15) is 0 Å². The summed E-state index contributed by atoms with van der Waals surface area (Å²) >= 11 is 0. The van der Waals surface area contributed by atoms with Gasteiger partial charge in [-0.05, 0) is 18.1 Å². The lowest BCUT2D eigenvalue weighted by Gasteiger charge is -1.99. The average Bonchev–Trinajstić information content (AvgIpc) is 2.65. The normalized spacial score (nSPS) is 12.6. The van der Waals surface area contributed by atoms with Gasteiger partial charge in [-0.15, -0.1) is 13.2 Å². The van der Waals surface area contributed by atoms with Gasteiger partial charge in [0.25, 0.3) is 0 Å². The van der Waals surface area contributed by atoms with Crippen molar-refractivity contribution in [1.29, 1.82) is 0 Å². The fraction of sp³-hybridized carbons (Fsp3) is 0.385. The highest BCUT2D eigenvalue weighted by atomic mass is 35.5. The molecule has 1 aromatic heterocycles. The van der Waals surface area contributed by atoms with E-state index in [-0.39, 0.29) is 12.4 Å². The van der Waals surface area contributed by atoms with Gasteiger partial charge in [-0.3, -0.25) is 0 Å². The molecule has 0 aliphatic heterocycles. The number of alkyl halides is 3. The molecule has 0 aliphatic rings. The molecule has 0 nitrogen and oxygen atoms in total. The maximum absolute atomic E-state index is 13.1. The number of rotatable bonds is 2. The molecule has 1 unspecified atom stereocenters. The molecule has 0 aliphatic carbocycles. The Bertz CT molecular complexity index is 543. The highest BCUT2D eigenvalue weighted by Gasteiger charge is 2.47. The Morgan fingerprint density at radius 2 is 1.72 bits per heavy atom. The highest BCUT2D eigenvalue weighted by Crippen LogP contribution is 2.51. The molecule has 1 atom stereocenters. The largest absolute Gasteiger partial charge is 1.00 e. The molecule has 0 bridgehead atoms. The van der Waals surface area contributed by atoms with Crippen LogP contribution in [0.4, 0.5) is 13.2 Å². The summed E-state index contributed by atoms with van der Waals surface area (Å²) in [6.45, 7) is 3.74. The van der Waals surface area contributed by atoms with Crippen molar-refractivity contribution in [3.8, 4) is 0 Å². The maximum atomic E-state index is 13.1. The lowest BCUT2D eigenvalue weighted by Crippen LogP contribution is -3.00. The topological polar surface area (TPSA) is 0 Å². The van der Waals surface area contributed by atoms with Crippen LogP contribution in [-0.4, -0.2) is 0 Å². The summed E-state index contributed by atoms with van der Waals surface area (Å²) in [6, 6.07) is 7.13. The average molecular weight is 295 g/mol. The Hall–Kier alpha value is -0.740. The predicted octanol–water partition coefficient (Wildman–Crippen LogP) is 2.19. The third kappa shape index (κ3) is 2.64. The molecule has 5 heteroatoms. The van der Waals surface area contributed by atoms with Gasteiger partial charge in [0.15, 0.2) is 9.58 Å². The Balaban J connectivity index is 0.00000162. The van der Waals surface area contributed by atoms with E-state index >= 15 is 0 Å². The quantitative estimate of drug-likeness (QED) is 0.745. The zero-order chi connectivity index (χ0) is 12.6. The summed E-state index contributed by atoms with van der Waals surface area (Å²) in [5.41, 5.74) is -3.18. The van der Waals surface area contributed by atoms with Crippen LogP contribution in [0.5, 0.6) is 0 Å². The van der Waals surface area contributed by atoms with Crippen molar-refractivity contribution in [3.63, 3.8) is 0 Å². The lowest BCUT2D eigenvalue weighted by atomic mass is 10.1. The molecule has 0 N–H and O–H groups in total. The molecule has 0 amide bonds. The third-order valence-corrected chi connectivity index (χ3v) is 5.05. The molecule has 0 spiro atoms. The van der Waals surface area contributed by atoms with Crippen molar-refractivity contribution in [2.75, 3.05) is 0 Å². The van der Waals surface area contributed by atoms with Gasteiger partial charge in [0.2, 0.25) is 0 Å². The first-order chi connectivity index (χ1) is 7.97. The second-order valence-corrected chi connectivity index (χ2v) is 5.98. The molecule has 100 valence electrons. The monoisotopic (exact) mass is 294 g/mol. The molecule has 0 saturated carbocycles. The van der Waals surface area contributed by atoms with Gasteiger partial charge in [-0.2, -0.15) is 0 Å². The van der Waals surface area contributed by atoms with E-state index in [1.54, 1.807) is 19.1 Å². The fourth-order valence-electron chi connectivity index (χ4n) is 1.99. The molecule has 2 rings (SSSR count). The lowest BCUT2D eigenvalue weighted by molar-refractivity contribution is -0.0867. The molecule has 0 saturated heterocycles. The molecule has 1 aromatic carbocycles. The highest BCUT2D eigenvalue weighted by molar-refractivity contribution is 7.38. The predicted molar refractivity (Wildman–Crippen MR) is 66.5 cm³/mol. The van der Waals surface area contributed by atoms with Crippen LogP contribution in [0, 0.1) is 0 Å². The van der Waals surface area contributed by atoms with E-state index in [0.29, 0.717) is 16.0 Å². The Morgan fingerprint density at radius 3 is 2.22 bits per heavy atom. The van der Waals surface area contributed by atoms with Crippen LogP contribution < -0.4 is 12.4 Å². The minimum atomic E-state index is -4.15. The summed E-state index contributed by atoms with van der Waals surface area (Å²) in [5, 5.41) is 0.736. The smallest absolute Gasteiger partial charge is 0.600 e. The minimum absolute atomic E-state index is 0. The van der Waals surface area contributed by atoms with Crippen molar-refractivity contribution in [1.82, 2.24) is 0 Å². The summed E-state index contributed by atoms with van der Waals surface area (Å²) < 4.78 is 39.7. The molecule has 0 fully saturated rings. The molecule has 1 heterocycles. The number of fused-ring (bicyclic) bond motifs is 1. The summed E-state index contributed by atoms with van der Waals surface area (Å²) in [5.74, 6) is 0. The number of thiophene rings is 1. The Labute approximate surface area is 113 Å². The SMILES string of the molecule is CCc1ccc2cc(CC)[s+](C(F)(F)F)c2c1.[Cl-]. The van der Waals surface area contributed by atoms with Gasteiger partial charge in [0, 0.05) is 23.9 Å². The van der Waals surface area contributed by atoms with Gasteiger partial charge in [-0.1, -0.05) is 19.9 Å². The van der Waals surface area contributed by atoms with Crippen LogP contribution in [0.2, 0.25) is 0 Å².